The van der Waals surface area contributed by atoms with Crippen molar-refractivity contribution in [2.45, 2.75) is 35.8 Å². The standard InChI is InChI=1S/C20H25NO2S.ClH/c22-18-10-12-19(13-11-18)24(23)20-9-5-15-21(16-20)14-4-8-17-6-2-1-3-7-17;/h1-3,6-7,10-13,20,22H,4-5,8-9,14-16H2;1H. The van der Waals surface area contributed by atoms with Crippen molar-refractivity contribution in [3.05, 3.63) is 60.2 Å². The zero-order chi connectivity index (χ0) is 16.8. The molecular formula is C20H26ClNO2S. The summed E-state index contributed by atoms with van der Waals surface area (Å²) in [5, 5.41) is 9.57. The maximum absolute atomic E-state index is 12.8. The topological polar surface area (TPSA) is 40.5 Å². The summed E-state index contributed by atoms with van der Waals surface area (Å²) in [4.78, 5) is 3.28. The quantitative estimate of drug-likeness (QED) is 0.824. The van der Waals surface area contributed by atoms with Gasteiger partial charge in [0.15, 0.2) is 0 Å². The molecule has 0 aromatic heterocycles. The molecule has 0 radical (unpaired) electrons. The van der Waals surface area contributed by atoms with E-state index in [1.54, 1.807) is 24.3 Å². The molecule has 25 heavy (non-hydrogen) atoms. The lowest BCUT2D eigenvalue weighted by Crippen LogP contribution is -2.40. The second-order valence-electron chi connectivity index (χ2n) is 6.45. The van der Waals surface area contributed by atoms with Crippen molar-refractivity contribution >= 4 is 23.2 Å². The van der Waals surface area contributed by atoms with Crippen LogP contribution in [0.5, 0.6) is 5.75 Å². The van der Waals surface area contributed by atoms with E-state index in [1.165, 1.54) is 5.56 Å². The Kier molecular flexibility index (Phi) is 7.94. The molecule has 0 aliphatic carbocycles. The van der Waals surface area contributed by atoms with Crippen LogP contribution in [0.3, 0.4) is 0 Å². The first-order chi connectivity index (χ1) is 11.7. The SMILES string of the molecule is Cl.O=S(c1ccc(O)cc1)C1CCCN(CCCc2ccccc2)C1. The molecule has 1 fully saturated rings. The average Bonchev–Trinajstić information content (AvgIpc) is 2.63. The largest absolute Gasteiger partial charge is 0.508 e. The zero-order valence-corrected chi connectivity index (χ0v) is 16.0. The smallest absolute Gasteiger partial charge is 0.115 e. The summed E-state index contributed by atoms with van der Waals surface area (Å²) in [6.45, 7) is 3.08. The van der Waals surface area contributed by atoms with Crippen LogP contribution in [0, 0.1) is 0 Å². The molecule has 2 unspecified atom stereocenters. The Balaban J connectivity index is 0.00000225. The fourth-order valence-electron chi connectivity index (χ4n) is 3.32. The molecule has 2 aromatic rings. The van der Waals surface area contributed by atoms with E-state index in [0.717, 1.165) is 50.2 Å². The molecule has 2 aromatic carbocycles. The van der Waals surface area contributed by atoms with Gasteiger partial charge in [-0.3, -0.25) is 4.21 Å². The summed E-state index contributed by atoms with van der Waals surface area (Å²) in [7, 11) is -0.993. The third-order valence-electron chi connectivity index (χ3n) is 4.62. The minimum Gasteiger partial charge on any atom is -0.508 e. The zero-order valence-electron chi connectivity index (χ0n) is 14.3. The van der Waals surface area contributed by atoms with Crippen molar-refractivity contribution in [1.82, 2.24) is 4.90 Å². The maximum Gasteiger partial charge on any atom is 0.115 e. The van der Waals surface area contributed by atoms with E-state index < -0.39 is 10.8 Å². The van der Waals surface area contributed by atoms with Crippen LogP contribution in [0.4, 0.5) is 0 Å². The van der Waals surface area contributed by atoms with Crippen LogP contribution in [0.1, 0.15) is 24.8 Å². The molecule has 1 heterocycles. The molecule has 0 spiro atoms. The number of aryl methyl sites for hydroxylation is 1. The lowest BCUT2D eigenvalue weighted by Gasteiger charge is -2.32. The van der Waals surface area contributed by atoms with Gasteiger partial charge < -0.3 is 10.0 Å². The summed E-state index contributed by atoms with van der Waals surface area (Å²) < 4.78 is 12.8. The Morgan fingerprint density at radius 1 is 1.08 bits per heavy atom. The van der Waals surface area contributed by atoms with Gasteiger partial charge in [-0.1, -0.05) is 30.3 Å². The molecule has 136 valence electrons. The van der Waals surface area contributed by atoms with Crippen molar-refractivity contribution < 1.29 is 9.32 Å². The number of piperidine rings is 1. The lowest BCUT2D eigenvalue weighted by molar-refractivity contribution is 0.230. The Morgan fingerprint density at radius 3 is 2.52 bits per heavy atom. The number of phenolic OH excluding ortho intramolecular Hbond substituents is 1. The molecule has 2 atom stereocenters. The fraction of sp³-hybridized carbons (Fsp3) is 0.400. The maximum atomic E-state index is 12.8. The van der Waals surface area contributed by atoms with Crippen molar-refractivity contribution in [3.63, 3.8) is 0 Å². The number of likely N-dealkylation sites (tertiary alicyclic amines) is 1. The highest BCUT2D eigenvalue weighted by molar-refractivity contribution is 7.85. The van der Waals surface area contributed by atoms with Gasteiger partial charge >= 0.3 is 0 Å². The third kappa shape index (κ3) is 5.84. The van der Waals surface area contributed by atoms with E-state index in [4.69, 9.17) is 0 Å². The predicted molar refractivity (Wildman–Crippen MR) is 106 cm³/mol. The van der Waals surface area contributed by atoms with Crippen molar-refractivity contribution in [2.24, 2.45) is 0 Å². The van der Waals surface area contributed by atoms with Gasteiger partial charge in [-0.25, -0.2) is 0 Å². The number of aromatic hydroxyl groups is 1. The predicted octanol–water partition coefficient (Wildman–Crippen LogP) is 4.02. The van der Waals surface area contributed by atoms with Crippen LogP contribution in [-0.4, -0.2) is 39.1 Å². The molecule has 1 saturated heterocycles. The third-order valence-corrected chi connectivity index (χ3v) is 6.34. The number of rotatable bonds is 6. The lowest BCUT2D eigenvalue weighted by atomic mass is 10.1. The molecule has 1 aliphatic heterocycles. The molecule has 0 saturated carbocycles. The summed E-state index contributed by atoms with van der Waals surface area (Å²) in [5.41, 5.74) is 1.39. The Hall–Kier alpha value is -1.36. The number of phenols is 1. The van der Waals surface area contributed by atoms with E-state index in [2.05, 4.69) is 35.2 Å². The summed E-state index contributed by atoms with van der Waals surface area (Å²) in [6, 6.07) is 17.4. The van der Waals surface area contributed by atoms with Gasteiger partial charge in [0.1, 0.15) is 5.75 Å². The van der Waals surface area contributed by atoms with E-state index >= 15 is 0 Å². The van der Waals surface area contributed by atoms with Gasteiger partial charge in [-0.2, -0.15) is 0 Å². The van der Waals surface area contributed by atoms with E-state index in [-0.39, 0.29) is 23.4 Å². The first-order valence-corrected chi connectivity index (χ1v) is 9.89. The van der Waals surface area contributed by atoms with Crippen LogP contribution < -0.4 is 0 Å². The van der Waals surface area contributed by atoms with Crippen LogP contribution >= 0.6 is 12.4 Å². The summed E-state index contributed by atoms with van der Waals surface area (Å²) in [5.74, 6) is 0.224. The van der Waals surface area contributed by atoms with Crippen molar-refractivity contribution in [1.29, 1.82) is 0 Å². The second kappa shape index (κ2) is 9.95. The number of nitrogens with zero attached hydrogens (tertiary/aromatic N) is 1. The van der Waals surface area contributed by atoms with Crippen LogP contribution in [-0.2, 0) is 17.2 Å². The molecule has 0 bridgehead atoms. The number of hydrogen-bond donors (Lipinski definition) is 1. The monoisotopic (exact) mass is 379 g/mol. The Bertz CT molecular complexity index is 663. The van der Waals surface area contributed by atoms with Crippen LogP contribution in [0.15, 0.2) is 59.5 Å². The molecule has 5 heteroatoms. The van der Waals surface area contributed by atoms with Gasteiger partial charge in [-0.05, 0) is 68.6 Å². The van der Waals surface area contributed by atoms with Gasteiger partial charge in [0, 0.05) is 11.4 Å². The second-order valence-corrected chi connectivity index (χ2v) is 8.18. The van der Waals surface area contributed by atoms with Crippen molar-refractivity contribution in [2.75, 3.05) is 19.6 Å². The first-order valence-electron chi connectivity index (χ1n) is 8.68. The van der Waals surface area contributed by atoms with Crippen LogP contribution in [0.25, 0.3) is 0 Å². The van der Waals surface area contributed by atoms with Gasteiger partial charge in [-0.15, -0.1) is 12.4 Å². The fourth-order valence-corrected chi connectivity index (χ4v) is 4.83. The summed E-state index contributed by atoms with van der Waals surface area (Å²) in [6.07, 6.45) is 4.37. The van der Waals surface area contributed by atoms with Gasteiger partial charge in [0.05, 0.1) is 16.0 Å². The normalized spacial score (nSPS) is 19.1. The number of hydrogen-bond acceptors (Lipinski definition) is 3. The molecule has 1 aliphatic rings. The molecular weight excluding hydrogens is 354 g/mol. The minimum atomic E-state index is -0.993. The van der Waals surface area contributed by atoms with Crippen molar-refractivity contribution in [3.8, 4) is 5.75 Å². The Morgan fingerprint density at radius 2 is 1.80 bits per heavy atom. The molecule has 3 nitrogen and oxygen atoms in total. The number of benzene rings is 2. The highest BCUT2D eigenvalue weighted by atomic mass is 35.5. The Labute approximate surface area is 158 Å². The molecule has 3 rings (SSSR count). The average molecular weight is 380 g/mol. The van der Waals surface area contributed by atoms with Crippen LogP contribution in [0.2, 0.25) is 0 Å². The number of halogens is 1. The van der Waals surface area contributed by atoms with E-state index in [0.29, 0.717) is 0 Å². The van der Waals surface area contributed by atoms with Gasteiger partial charge in [0.2, 0.25) is 0 Å². The van der Waals surface area contributed by atoms with E-state index in [9.17, 15) is 9.32 Å². The summed E-state index contributed by atoms with van der Waals surface area (Å²) >= 11 is 0. The van der Waals surface area contributed by atoms with E-state index in [1.807, 2.05) is 0 Å². The molecule has 0 amide bonds. The van der Waals surface area contributed by atoms with Gasteiger partial charge in [0.25, 0.3) is 0 Å². The highest BCUT2D eigenvalue weighted by Crippen LogP contribution is 2.22. The minimum absolute atomic E-state index is 0. The first kappa shape index (κ1) is 20.0. The highest BCUT2D eigenvalue weighted by Gasteiger charge is 2.25. The molecule has 1 N–H and O–H groups in total.